The maximum atomic E-state index is 11.9. The third-order valence-corrected chi connectivity index (χ3v) is 2.90. The van der Waals surface area contributed by atoms with Crippen LogP contribution in [0.5, 0.6) is 0 Å². The van der Waals surface area contributed by atoms with Gasteiger partial charge >= 0.3 is 0 Å². The van der Waals surface area contributed by atoms with E-state index in [2.05, 4.69) is 10.4 Å². The summed E-state index contributed by atoms with van der Waals surface area (Å²) in [6, 6.07) is 8.35. The van der Waals surface area contributed by atoms with Crippen LogP contribution in [0.3, 0.4) is 0 Å². The number of aromatic nitrogens is 2. The molecule has 0 saturated heterocycles. The summed E-state index contributed by atoms with van der Waals surface area (Å²) in [6.07, 6.45) is 1.53. The molecular weight excluding hydrogens is 270 g/mol. The maximum Gasteiger partial charge on any atom is 0.269 e. The van der Waals surface area contributed by atoms with Crippen molar-refractivity contribution in [2.24, 2.45) is 0 Å². The molecule has 0 fully saturated rings. The fourth-order valence-corrected chi connectivity index (χ4v) is 1.72. The molecule has 0 saturated carbocycles. The van der Waals surface area contributed by atoms with Crippen molar-refractivity contribution >= 4 is 23.0 Å². The molecule has 2 rings (SSSR count). The van der Waals surface area contributed by atoms with E-state index < -0.39 is 0 Å². The van der Waals surface area contributed by atoms with Crippen molar-refractivity contribution in [3.63, 3.8) is 0 Å². The van der Waals surface area contributed by atoms with Gasteiger partial charge in [0.2, 0.25) is 5.91 Å². The number of amides is 1. The molecule has 0 aliphatic carbocycles. The third-order valence-electron chi connectivity index (χ3n) is 2.90. The van der Waals surface area contributed by atoms with E-state index in [1.165, 1.54) is 12.3 Å². The van der Waals surface area contributed by atoms with Gasteiger partial charge in [-0.15, -0.1) is 0 Å². The summed E-state index contributed by atoms with van der Waals surface area (Å²) in [5.74, 6) is -0.361. The van der Waals surface area contributed by atoms with E-state index in [0.29, 0.717) is 17.1 Å². The van der Waals surface area contributed by atoms with Gasteiger partial charge in [0.1, 0.15) is 6.54 Å². The van der Waals surface area contributed by atoms with Crippen LogP contribution in [0.2, 0.25) is 0 Å². The van der Waals surface area contributed by atoms with E-state index in [-0.39, 0.29) is 18.0 Å². The van der Waals surface area contributed by atoms with Gasteiger partial charge in [-0.2, -0.15) is 5.10 Å². The zero-order valence-electron chi connectivity index (χ0n) is 11.9. The van der Waals surface area contributed by atoms with E-state index in [4.69, 9.17) is 5.73 Å². The smallest absolute Gasteiger partial charge is 0.269 e. The van der Waals surface area contributed by atoms with Crippen LogP contribution in [0.1, 0.15) is 0 Å². The summed E-state index contributed by atoms with van der Waals surface area (Å²) < 4.78 is 1.10. The number of nitrogens with one attached hydrogen (secondary N) is 1. The first-order valence-electron chi connectivity index (χ1n) is 6.36. The van der Waals surface area contributed by atoms with Crippen molar-refractivity contribution in [3.8, 4) is 0 Å². The van der Waals surface area contributed by atoms with Crippen LogP contribution in [0, 0.1) is 0 Å². The quantitative estimate of drug-likeness (QED) is 0.800. The molecule has 1 amide bonds. The van der Waals surface area contributed by atoms with E-state index in [1.54, 1.807) is 29.2 Å². The molecule has 0 aliphatic rings. The molecule has 0 atom stereocenters. The van der Waals surface area contributed by atoms with Crippen LogP contribution in [-0.2, 0) is 11.3 Å². The predicted molar refractivity (Wildman–Crippen MR) is 82.3 cm³/mol. The molecule has 7 nitrogen and oxygen atoms in total. The monoisotopic (exact) mass is 287 g/mol. The number of para-hydroxylation sites is 2. The van der Waals surface area contributed by atoms with Gasteiger partial charge in [-0.1, -0.05) is 12.1 Å². The Bertz CT molecular complexity index is 709. The second-order valence-electron chi connectivity index (χ2n) is 4.74. The molecule has 2 aromatic rings. The molecule has 0 spiro atoms. The number of nitrogens with zero attached hydrogens (tertiary/aromatic N) is 3. The lowest BCUT2D eigenvalue weighted by atomic mass is 10.2. The number of hydrogen-bond donors (Lipinski definition) is 2. The summed E-state index contributed by atoms with van der Waals surface area (Å²) in [4.78, 5) is 25.6. The fourth-order valence-electron chi connectivity index (χ4n) is 1.72. The summed E-state index contributed by atoms with van der Waals surface area (Å²) in [7, 11) is 3.62. The van der Waals surface area contributed by atoms with Crippen molar-refractivity contribution in [3.05, 3.63) is 46.9 Å². The fraction of sp³-hybridized carbons (Fsp3) is 0.214. The number of carbonyl (C=O) groups excluding carboxylic acids is 1. The molecule has 0 radical (unpaired) electrons. The van der Waals surface area contributed by atoms with Crippen LogP contribution < -0.4 is 21.5 Å². The zero-order valence-corrected chi connectivity index (χ0v) is 11.9. The minimum atomic E-state index is -0.361. The van der Waals surface area contributed by atoms with Crippen molar-refractivity contribution in [2.45, 2.75) is 6.54 Å². The summed E-state index contributed by atoms with van der Waals surface area (Å²) in [5.41, 5.74) is 7.07. The lowest BCUT2D eigenvalue weighted by molar-refractivity contribution is -0.117. The number of hydrogen-bond acceptors (Lipinski definition) is 5. The topological polar surface area (TPSA) is 93.2 Å². The highest BCUT2D eigenvalue weighted by Crippen LogP contribution is 2.16. The van der Waals surface area contributed by atoms with Crippen LogP contribution >= 0.6 is 0 Å². The summed E-state index contributed by atoms with van der Waals surface area (Å²) in [6.45, 7) is -0.166. The standard InChI is InChI=1S/C14H17N5O2/c1-18(2)10-7-14(21)19(16-8-10)9-13(20)17-12-6-4-3-5-11(12)15/h3-8H,9,15H2,1-2H3,(H,17,20). The Morgan fingerprint density at radius 2 is 2.10 bits per heavy atom. The van der Waals surface area contributed by atoms with Crippen LogP contribution in [0.4, 0.5) is 17.1 Å². The average molecular weight is 287 g/mol. The Morgan fingerprint density at radius 1 is 1.38 bits per heavy atom. The molecule has 1 aromatic carbocycles. The van der Waals surface area contributed by atoms with Gasteiger partial charge in [0.05, 0.1) is 23.3 Å². The predicted octanol–water partition coefficient (Wildman–Crippen LogP) is 0.530. The Balaban J connectivity index is 2.10. The Morgan fingerprint density at radius 3 is 2.71 bits per heavy atom. The van der Waals surface area contributed by atoms with E-state index in [1.807, 2.05) is 14.1 Å². The van der Waals surface area contributed by atoms with Crippen LogP contribution in [0.25, 0.3) is 0 Å². The molecule has 110 valence electrons. The zero-order chi connectivity index (χ0) is 15.4. The summed E-state index contributed by atoms with van der Waals surface area (Å²) in [5, 5.41) is 6.62. The molecular formula is C14H17N5O2. The summed E-state index contributed by atoms with van der Waals surface area (Å²) >= 11 is 0. The lowest BCUT2D eigenvalue weighted by Gasteiger charge is -2.12. The van der Waals surface area contributed by atoms with Crippen molar-refractivity contribution in [1.82, 2.24) is 9.78 Å². The van der Waals surface area contributed by atoms with Gasteiger partial charge in [0, 0.05) is 20.2 Å². The highest BCUT2D eigenvalue weighted by molar-refractivity contribution is 5.93. The third kappa shape index (κ3) is 3.59. The SMILES string of the molecule is CN(C)c1cnn(CC(=O)Nc2ccccc2N)c(=O)c1. The molecule has 0 aliphatic heterocycles. The van der Waals surface area contributed by atoms with E-state index >= 15 is 0 Å². The number of nitrogen functional groups attached to an aromatic ring is 1. The second kappa shape index (κ2) is 6.08. The van der Waals surface area contributed by atoms with Crippen molar-refractivity contribution in [1.29, 1.82) is 0 Å². The van der Waals surface area contributed by atoms with Gasteiger partial charge in [0.25, 0.3) is 5.56 Å². The van der Waals surface area contributed by atoms with Crippen molar-refractivity contribution < 1.29 is 4.79 Å². The minimum absolute atomic E-state index is 0.166. The average Bonchev–Trinajstić information content (AvgIpc) is 2.43. The largest absolute Gasteiger partial charge is 0.397 e. The maximum absolute atomic E-state index is 11.9. The highest BCUT2D eigenvalue weighted by atomic mass is 16.2. The number of anilines is 3. The molecule has 7 heteroatoms. The highest BCUT2D eigenvalue weighted by Gasteiger charge is 2.08. The molecule has 0 unspecified atom stereocenters. The molecule has 21 heavy (non-hydrogen) atoms. The van der Waals surface area contributed by atoms with E-state index in [0.717, 1.165) is 4.68 Å². The van der Waals surface area contributed by atoms with Gasteiger partial charge in [-0.25, -0.2) is 4.68 Å². The minimum Gasteiger partial charge on any atom is -0.397 e. The molecule has 1 heterocycles. The normalized spacial score (nSPS) is 10.2. The van der Waals surface area contributed by atoms with Gasteiger partial charge in [0.15, 0.2) is 0 Å². The lowest BCUT2D eigenvalue weighted by Crippen LogP contribution is -2.30. The Kier molecular flexibility index (Phi) is 4.22. The van der Waals surface area contributed by atoms with Crippen molar-refractivity contribution in [2.75, 3.05) is 30.0 Å². The Hall–Kier alpha value is -2.83. The first kappa shape index (κ1) is 14.6. The van der Waals surface area contributed by atoms with E-state index in [9.17, 15) is 9.59 Å². The number of carbonyl (C=O) groups is 1. The number of rotatable bonds is 4. The second-order valence-corrected chi connectivity index (χ2v) is 4.74. The molecule has 1 aromatic heterocycles. The number of benzene rings is 1. The molecule has 0 bridgehead atoms. The first-order valence-corrected chi connectivity index (χ1v) is 6.36. The first-order chi connectivity index (χ1) is 9.97. The molecule has 3 N–H and O–H groups in total. The van der Waals surface area contributed by atoms with Crippen LogP contribution in [-0.4, -0.2) is 29.8 Å². The van der Waals surface area contributed by atoms with Crippen LogP contribution in [0.15, 0.2) is 41.3 Å². The van der Waals surface area contributed by atoms with Gasteiger partial charge < -0.3 is 16.0 Å². The van der Waals surface area contributed by atoms with Gasteiger partial charge in [-0.05, 0) is 12.1 Å². The Labute approximate surface area is 122 Å². The number of nitrogens with two attached hydrogens (primary N) is 1. The van der Waals surface area contributed by atoms with Gasteiger partial charge in [-0.3, -0.25) is 9.59 Å².